The van der Waals surface area contributed by atoms with E-state index in [1.54, 1.807) is 12.9 Å². The van der Waals surface area contributed by atoms with E-state index in [1.165, 1.54) is 24.0 Å². The number of furan rings is 1. The molecule has 2 aliphatic carbocycles. The van der Waals surface area contributed by atoms with Crippen LogP contribution in [0.3, 0.4) is 0 Å². The van der Waals surface area contributed by atoms with E-state index in [9.17, 15) is 4.57 Å². The molecule has 1 saturated carbocycles. The fourth-order valence-corrected chi connectivity index (χ4v) is 5.35. The number of allylic oxidation sites excluding steroid dienone is 5. The Morgan fingerprint density at radius 2 is 1.89 bits per heavy atom. The molecule has 5 nitrogen and oxygen atoms in total. The normalized spacial score (nSPS) is 21.7. The highest BCUT2D eigenvalue weighted by molar-refractivity contribution is 7.52. The van der Waals surface area contributed by atoms with Crippen LogP contribution in [0.25, 0.3) is 6.08 Å². The van der Waals surface area contributed by atoms with E-state index < -0.39 is 7.80 Å². The smallest absolute Gasteiger partial charge is 0.373 e. The Morgan fingerprint density at radius 1 is 1.14 bits per heavy atom. The van der Waals surface area contributed by atoms with Gasteiger partial charge in [-0.05, 0) is 118 Å². The Kier molecular flexibility index (Phi) is 7.53. The second kappa shape index (κ2) is 11.0. The van der Waals surface area contributed by atoms with Crippen LogP contribution in [-0.2, 0) is 4.57 Å². The van der Waals surface area contributed by atoms with E-state index in [0.29, 0.717) is 0 Å². The Hall–Kier alpha value is -3.30. The molecule has 1 aromatic heterocycles. The lowest BCUT2D eigenvalue weighted by molar-refractivity contribution is 0.534. The van der Waals surface area contributed by atoms with Gasteiger partial charge in [0.1, 0.15) is 18.3 Å². The molecule has 2 aromatic rings. The van der Waals surface area contributed by atoms with Gasteiger partial charge in [0.25, 0.3) is 0 Å². The van der Waals surface area contributed by atoms with Crippen LogP contribution in [0, 0.1) is 18.8 Å². The van der Waals surface area contributed by atoms with Crippen LogP contribution in [-0.4, -0.2) is 18.2 Å². The molecule has 2 atom stereocenters. The van der Waals surface area contributed by atoms with Crippen molar-refractivity contribution >= 4 is 36.4 Å². The van der Waals surface area contributed by atoms with E-state index in [1.807, 2.05) is 37.3 Å². The Labute approximate surface area is 220 Å². The summed E-state index contributed by atoms with van der Waals surface area (Å²) in [5.74, 6) is 2.67. The van der Waals surface area contributed by atoms with E-state index in [0.717, 1.165) is 70.4 Å². The van der Waals surface area contributed by atoms with Crippen LogP contribution in [0.4, 0.5) is 5.69 Å². The van der Waals surface area contributed by atoms with Crippen LogP contribution in [0.2, 0.25) is 0 Å². The topological polar surface area (TPSA) is 67.0 Å². The van der Waals surface area contributed by atoms with Crippen LogP contribution < -0.4 is 10.6 Å². The van der Waals surface area contributed by atoms with Crippen molar-refractivity contribution in [1.29, 1.82) is 0 Å². The third kappa shape index (κ3) is 6.17. The van der Waals surface area contributed by atoms with Crippen molar-refractivity contribution in [3.63, 3.8) is 0 Å². The molecule has 0 saturated heterocycles. The minimum Gasteiger partial charge on any atom is -0.469 e. The first kappa shape index (κ1) is 25.4. The van der Waals surface area contributed by atoms with E-state index >= 15 is 0 Å². The minimum absolute atomic E-state index is 0.0782. The molecule has 2 unspecified atom stereocenters. The molecule has 2 heterocycles. The molecular formula is C31H35N3O2P+. The zero-order valence-electron chi connectivity index (χ0n) is 22.1. The summed E-state index contributed by atoms with van der Waals surface area (Å²) >= 11 is 0. The highest BCUT2D eigenvalue weighted by Crippen LogP contribution is 2.41. The monoisotopic (exact) mass is 512 g/mol. The molecule has 1 fully saturated rings. The van der Waals surface area contributed by atoms with Gasteiger partial charge in [-0.15, -0.1) is 0 Å². The maximum atomic E-state index is 11.9. The number of aryl methyl sites for hydroxylation is 1. The first-order valence-corrected chi connectivity index (χ1v) is 14.9. The van der Waals surface area contributed by atoms with E-state index in [4.69, 9.17) is 14.4 Å². The molecule has 1 aromatic carbocycles. The molecule has 0 bridgehead atoms. The first-order valence-electron chi connectivity index (χ1n) is 13.2. The molecule has 6 heteroatoms. The molecule has 3 aliphatic rings. The number of amidine groups is 1. The third-order valence-electron chi connectivity index (χ3n) is 7.21. The van der Waals surface area contributed by atoms with Gasteiger partial charge in [-0.1, -0.05) is 11.5 Å². The summed E-state index contributed by atoms with van der Waals surface area (Å²) in [5, 5.41) is 4.51. The van der Waals surface area contributed by atoms with Gasteiger partial charge in [-0.3, -0.25) is 4.99 Å². The van der Waals surface area contributed by atoms with Gasteiger partial charge < -0.3 is 9.73 Å². The molecule has 0 radical (unpaired) electrons. The van der Waals surface area contributed by atoms with Crippen molar-refractivity contribution in [3.05, 3.63) is 88.7 Å². The summed E-state index contributed by atoms with van der Waals surface area (Å²) in [6.45, 7) is 8.05. The average molecular weight is 513 g/mol. The van der Waals surface area contributed by atoms with Gasteiger partial charge in [-0.25, -0.2) is 4.99 Å². The maximum Gasteiger partial charge on any atom is 0.373 e. The van der Waals surface area contributed by atoms with Crippen molar-refractivity contribution < 1.29 is 8.98 Å². The number of aliphatic imine (C=N–C) groups is 2. The summed E-state index contributed by atoms with van der Waals surface area (Å²) in [4.78, 5) is 10.3. The van der Waals surface area contributed by atoms with Crippen LogP contribution in [0.5, 0.6) is 0 Å². The summed E-state index contributed by atoms with van der Waals surface area (Å²) in [6, 6.07) is 9.81. The average Bonchev–Trinajstić information content (AvgIpc) is 3.60. The Balaban J connectivity index is 1.47. The van der Waals surface area contributed by atoms with Crippen molar-refractivity contribution in [2.24, 2.45) is 21.8 Å². The number of benzene rings is 1. The van der Waals surface area contributed by atoms with E-state index in [-0.39, 0.29) is 5.92 Å². The predicted octanol–water partition coefficient (Wildman–Crippen LogP) is 7.77. The zero-order chi connectivity index (χ0) is 25.9. The number of hydrogen-bond donors (Lipinski definition) is 1. The third-order valence-corrected chi connectivity index (χ3v) is 8.24. The molecule has 37 heavy (non-hydrogen) atoms. The van der Waals surface area contributed by atoms with Gasteiger partial charge in [0.2, 0.25) is 0 Å². The van der Waals surface area contributed by atoms with Crippen molar-refractivity contribution in [3.8, 4) is 0 Å². The second-order valence-corrected chi connectivity index (χ2v) is 11.7. The van der Waals surface area contributed by atoms with Crippen LogP contribution in [0.15, 0.2) is 91.8 Å². The van der Waals surface area contributed by atoms with Crippen LogP contribution >= 0.6 is 7.80 Å². The largest absolute Gasteiger partial charge is 0.469 e. The van der Waals surface area contributed by atoms with Gasteiger partial charge in [-0.2, -0.15) is 0 Å². The number of nitrogens with zero attached hydrogens (tertiary/aromatic N) is 2. The molecule has 0 amide bonds. The van der Waals surface area contributed by atoms with Crippen LogP contribution in [0.1, 0.15) is 57.3 Å². The maximum absolute atomic E-state index is 11.9. The fraction of sp³-hybridized carbons (Fsp3) is 0.355. The number of rotatable bonds is 7. The highest BCUT2D eigenvalue weighted by Gasteiger charge is 2.30. The molecule has 1 N–H and O–H groups in total. The number of nitrogens with one attached hydrogen (secondary N) is 1. The standard InChI is InChI=1S/C31H35N3O2P/c1-5-28-30(32-25-10-12-27(13-11-25)37(4)35)14-6-20(2)29(15-7-22-16-21(3)36-19-22)34-31(28)33-26-17-24(18-26)23-8-9-23/h7,10-13,15-19,23,28H,5-6,8-9,14H2,1-4H3,(H,33,34)/q+1/b15-7+,29-20?,32-30?. The summed E-state index contributed by atoms with van der Waals surface area (Å²) < 4.78 is 17.3. The van der Waals surface area contributed by atoms with Gasteiger partial charge in [0.15, 0.2) is 5.30 Å². The van der Waals surface area contributed by atoms with Gasteiger partial charge >= 0.3 is 7.80 Å². The Bertz CT molecular complexity index is 1380. The SMILES string of the molecule is CCC1C(=Nc2ccc([P+](C)=O)cc2)CCC(C)=C(/C=C/c2coc(C)c2)N=C1NC1=CC(C2CC2)=C1. The summed E-state index contributed by atoms with van der Waals surface area (Å²) in [6.07, 6.45) is 15.7. The quantitative estimate of drug-likeness (QED) is 0.385. The molecule has 5 rings (SSSR count). The minimum atomic E-state index is -1.35. The fourth-order valence-electron chi connectivity index (χ4n) is 4.78. The highest BCUT2D eigenvalue weighted by atomic mass is 31.1. The summed E-state index contributed by atoms with van der Waals surface area (Å²) in [5.41, 5.74) is 7.85. The van der Waals surface area contributed by atoms with Crippen molar-refractivity contribution in [2.75, 3.05) is 6.66 Å². The zero-order valence-corrected chi connectivity index (χ0v) is 23.0. The molecule has 0 spiro atoms. The van der Waals surface area contributed by atoms with E-state index in [2.05, 4.69) is 43.5 Å². The second-order valence-electron chi connectivity index (χ2n) is 10.2. The number of hydrogen-bond acceptors (Lipinski definition) is 5. The van der Waals surface area contributed by atoms with Gasteiger partial charge in [0, 0.05) is 17.0 Å². The van der Waals surface area contributed by atoms with Gasteiger partial charge in [0.05, 0.1) is 23.6 Å². The van der Waals surface area contributed by atoms with Crippen molar-refractivity contribution in [2.45, 2.75) is 52.9 Å². The summed E-state index contributed by atoms with van der Waals surface area (Å²) in [7, 11) is -1.35. The van der Waals surface area contributed by atoms with Crippen molar-refractivity contribution in [1.82, 2.24) is 5.32 Å². The molecule has 190 valence electrons. The lowest BCUT2D eigenvalue weighted by Gasteiger charge is -2.27. The Morgan fingerprint density at radius 3 is 2.51 bits per heavy atom. The lowest BCUT2D eigenvalue weighted by Crippen LogP contribution is -2.36. The lowest BCUT2D eigenvalue weighted by atomic mass is 9.90. The molecule has 1 aliphatic heterocycles. The predicted molar refractivity (Wildman–Crippen MR) is 154 cm³/mol. The molecular weight excluding hydrogens is 477 g/mol. The first-order chi connectivity index (χ1) is 17.9.